The van der Waals surface area contributed by atoms with Gasteiger partial charge in [-0.1, -0.05) is 31.4 Å². The Morgan fingerprint density at radius 3 is 2.22 bits per heavy atom. The quantitative estimate of drug-likeness (QED) is 0.439. The smallest absolute Gasteiger partial charge is 0.497 e. The molecule has 1 unspecified atom stereocenters. The van der Waals surface area contributed by atoms with Crippen LogP contribution in [0, 0.1) is 0 Å². The Morgan fingerprint density at radius 1 is 1.00 bits per heavy atom. The number of carbonyl (C=O) groups is 2. The zero-order valence-electron chi connectivity index (χ0n) is 21.1. The molecule has 0 radical (unpaired) electrons. The molecule has 2 amide bonds. The Morgan fingerprint density at radius 2 is 1.62 bits per heavy atom. The van der Waals surface area contributed by atoms with Gasteiger partial charge in [-0.25, -0.2) is 0 Å². The van der Waals surface area contributed by atoms with E-state index in [1.54, 1.807) is 26.2 Å². The zero-order chi connectivity index (χ0) is 26.8. The number of nitrogens with zero attached hydrogens (tertiary/aromatic N) is 1. The van der Waals surface area contributed by atoms with Crippen molar-refractivity contribution >= 4 is 17.5 Å². The summed E-state index contributed by atoms with van der Waals surface area (Å²) in [7, 11) is 1.58. The van der Waals surface area contributed by atoms with Crippen LogP contribution >= 0.6 is 0 Å². The molecule has 0 aliphatic heterocycles. The summed E-state index contributed by atoms with van der Waals surface area (Å²) in [5.74, 6) is 0.0193. The second-order valence-electron chi connectivity index (χ2n) is 9.14. The molecule has 0 bridgehead atoms. The predicted octanol–water partition coefficient (Wildman–Crippen LogP) is 4.91. The van der Waals surface area contributed by atoms with Gasteiger partial charge in [0, 0.05) is 24.8 Å². The molecule has 2 N–H and O–H groups in total. The van der Waals surface area contributed by atoms with Crippen molar-refractivity contribution in [2.24, 2.45) is 0 Å². The topological polar surface area (TPSA) is 79.9 Å². The van der Waals surface area contributed by atoms with Gasteiger partial charge in [0.05, 0.1) is 13.5 Å². The molecule has 1 aliphatic rings. The highest BCUT2D eigenvalue weighted by Crippen LogP contribution is 2.25. The third-order valence-electron chi connectivity index (χ3n) is 6.34. The monoisotopic (exact) mass is 521 g/mol. The molecule has 0 saturated heterocycles. The van der Waals surface area contributed by atoms with Gasteiger partial charge in [-0.3, -0.25) is 9.59 Å². The lowest BCUT2D eigenvalue weighted by atomic mass is 9.93. The summed E-state index contributed by atoms with van der Waals surface area (Å²) in [6.07, 6.45) is 0.444. The van der Waals surface area contributed by atoms with Gasteiger partial charge in [-0.15, -0.1) is 13.2 Å². The molecule has 1 atom stereocenters. The summed E-state index contributed by atoms with van der Waals surface area (Å²) in [6.45, 7) is 2.51. The Labute approximate surface area is 215 Å². The second kappa shape index (κ2) is 13.2. The van der Waals surface area contributed by atoms with E-state index in [4.69, 9.17) is 4.74 Å². The Hall–Kier alpha value is -3.43. The number of hydrogen-bond acceptors (Lipinski definition) is 5. The lowest BCUT2D eigenvalue weighted by molar-refractivity contribution is -0.274. The Bertz CT molecular complexity index is 1010. The summed E-state index contributed by atoms with van der Waals surface area (Å²) in [5.41, 5.74) is 1.43. The minimum atomic E-state index is -4.74. The van der Waals surface area contributed by atoms with Crippen molar-refractivity contribution in [3.63, 3.8) is 0 Å². The highest BCUT2D eigenvalue weighted by molar-refractivity contribution is 5.88. The predicted molar refractivity (Wildman–Crippen MR) is 135 cm³/mol. The van der Waals surface area contributed by atoms with Crippen LogP contribution in [0.3, 0.4) is 0 Å². The number of benzene rings is 2. The lowest BCUT2D eigenvalue weighted by Crippen LogP contribution is -2.52. The van der Waals surface area contributed by atoms with Crippen molar-refractivity contribution in [2.75, 3.05) is 25.5 Å². The first-order chi connectivity index (χ1) is 17.6. The van der Waals surface area contributed by atoms with Gasteiger partial charge in [0.2, 0.25) is 11.8 Å². The minimum Gasteiger partial charge on any atom is -0.497 e. The molecule has 0 heterocycles. The number of rotatable bonds is 11. The van der Waals surface area contributed by atoms with Crippen LogP contribution in [0.5, 0.6) is 11.5 Å². The van der Waals surface area contributed by atoms with E-state index in [1.165, 1.54) is 24.3 Å². The first-order valence-electron chi connectivity index (χ1n) is 12.5. The Kier molecular flexibility index (Phi) is 10.0. The van der Waals surface area contributed by atoms with E-state index in [1.807, 2.05) is 17.0 Å². The van der Waals surface area contributed by atoms with Gasteiger partial charge >= 0.3 is 6.36 Å². The average molecular weight is 522 g/mol. The van der Waals surface area contributed by atoms with E-state index >= 15 is 0 Å². The fourth-order valence-corrected chi connectivity index (χ4v) is 4.49. The van der Waals surface area contributed by atoms with Crippen LogP contribution in [0.25, 0.3) is 0 Å². The van der Waals surface area contributed by atoms with Crippen LogP contribution in [0.15, 0.2) is 48.5 Å². The molecular formula is C27H34F3N3O4. The van der Waals surface area contributed by atoms with E-state index in [-0.39, 0.29) is 30.0 Å². The molecule has 10 heteroatoms. The van der Waals surface area contributed by atoms with Crippen LogP contribution in [0.2, 0.25) is 0 Å². The number of nitrogens with one attached hydrogen (secondary N) is 2. The molecule has 3 rings (SSSR count). The Balaban J connectivity index is 1.56. The molecular weight excluding hydrogens is 487 g/mol. The van der Waals surface area contributed by atoms with Crippen LogP contribution in [0.4, 0.5) is 18.9 Å². The minimum absolute atomic E-state index is 0.0894. The number of alkyl halides is 3. The molecule has 202 valence electrons. The summed E-state index contributed by atoms with van der Waals surface area (Å²) < 4.78 is 46.1. The number of methoxy groups -OCH3 is 1. The SMILES string of the molecule is COc1ccc(CC(=O)NC(C)C(=O)N(CCNc2ccc(OC(F)(F)F)cc2)C2CCCCC2)cc1. The van der Waals surface area contributed by atoms with Crippen LogP contribution in [0.1, 0.15) is 44.6 Å². The average Bonchev–Trinajstić information content (AvgIpc) is 2.87. The van der Waals surface area contributed by atoms with Crippen molar-refractivity contribution < 1.29 is 32.2 Å². The lowest BCUT2D eigenvalue weighted by Gasteiger charge is -2.36. The van der Waals surface area contributed by atoms with Gasteiger partial charge in [0.15, 0.2) is 0 Å². The van der Waals surface area contributed by atoms with E-state index < -0.39 is 12.4 Å². The van der Waals surface area contributed by atoms with Gasteiger partial charge < -0.3 is 25.0 Å². The number of anilines is 1. The number of carbonyl (C=O) groups excluding carboxylic acids is 2. The summed E-state index contributed by atoms with van der Waals surface area (Å²) in [5, 5.41) is 5.97. The maximum atomic E-state index is 13.4. The number of amides is 2. The molecule has 7 nitrogen and oxygen atoms in total. The highest BCUT2D eigenvalue weighted by atomic mass is 19.4. The molecule has 1 saturated carbocycles. The molecule has 1 fully saturated rings. The molecule has 1 aliphatic carbocycles. The van der Waals surface area contributed by atoms with Crippen LogP contribution < -0.4 is 20.1 Å². The highest BCUT2D eigenvalue weighted by Gasteiger charge is 2.31. The maximum Gasteiger partial charge on any atom is 0.573 e. The molecule has 37 heavy (non-hydrogen) atoms. The summed E-state index contributed by atoms with van der Waals surface area (Å²) in [6, 6.07) is 12.1. The van der Waals surface area contributed by atoms with Crippen molar-refractivity contribution in [3.05, 3.63) is 54.1 Å². The molecule has 0 aromatic heterocycles. The summed E-state index contributed by atoms with van der Waals surface area (Å²) >= 11 is 0. The standard InChI is InChI=1S/C27H34F3N3O4/c1-19(32-25(34)18-20-8-12-23(36-2)13-9-20)26(35)33(22-6-4-3-5-7-22)17-16-31-21-10-14-24(15-11-21)37-27(28,29)30/h8-15,19,22,31H,3-7,16-18H2,1-2H3,(H,32,34). The molecule has 2 aromatic rings. The molecule has 2 aromatic carbocycles. The first-order valence-corrected chi connectivity index (χ1v) is 12.5. The van der Waals surface area contributed by atoms with Crippen molar-refractivity contribution in [3.8, 4) is 11.5 Å². The van der Waals surface area contributed by atoms with Gasteiger partial charge in [-0.05, 0) is 61.7 Å². The number of halogens is 3. The second-order valence-corrected chi connectivity index (χ2v) is 9.14. The molecule has 0 spiro atoms. The largest absolute Gasteiger partial charge is 0.573 e. The van der Waals surface area contributed by atoms with Gasteiger partial charge in [0.1, 0.15) is 17.5 Å². The zero-order valence-corrected chi connectivity index (χ0v) is 21.1. The van der Waals surface area contributed by atoms with Crippen molar-refractivity contribution in [1.82, 2.24) is 10.2 Å². The number of ether oxygens (including phenoxy) is 2. The van der Waals surface area contributed by atoms with Crippen LogP contribution in [-0.2, 0) is 16.0 Å². The third kappa shape index (κ3) is 9.18. The fourth-order valence-electron chi connectivity index (χ4n) is 4.49. The van der Waals surface area contributed by atoms with Crippen molar-refractivity contribution in [1.29, 1.82) is 0 Å². The van der Waals surface area contributed by atoms with E-state index in [0.717, 1.165) is 37.7 Å². The van der Waals surface area contributed by atoms with Crippen LogP contribution in [-0.4, -0.2) is 55.4 Å². The fraction of sp³-hybridized carbons (Fsp3) is 0.481. The van der Waals surface area contributed by atoms with Gasteiger partial charge in [-0.2, -0.15) is 0 Å². The third-order valence-corrected chi connectivity index (χ3v) is 6.34. The number of hydrogen-bond donors (Lipinski definition) is 2. The maximum absolute atomic E-state index is 13.4. The van der Waals surface area contributed by atoms with Crippen molar-refractivity contribution in [2.45, 2.75) is 63.9 Å². The van der Waals surface area contributed by atoms with Gasteiger partial charge in [0.25, 0.3) is 0 Å². The first kappa shape index (κ1) is 28.1. The normalized spacial score (nSPS) is 14.9. The van der Waals surface area contributed by atoms with E-state index in [2.05, 4.69) is 15.4 Å². The summed E-state index contributed by atoms with van der Waals surface area (Å²) in [4.78, 5) is 27.8. The van der Waals surface area contributed by atoms with E-state index in [9.17, 15) is 22.8 Å². The van der Waals surface area contributed by atoms with E-state index in [0.29, 0.717) is 24.5 Å².